The van der Waals surface area contributed by atoms with Gasteiger partial charge in [0.15, 0.2) is 0 Å². The molecule has 0 aliphatic heterocycles. The van der Waals surface area contributed by atoms with E-state index in [4.69, 9.17) is 0 Å². The fourth-order valence-corrected chi connectivity index (χ4v) is 2.01. The van der Waals surface area contributed by atoms with Crippen molar-refractivity contribution in [2.75, 3.05) is 6.54 Å². The second-order valence-corrected chi connectivity index (χ2v) is 5.04. The van der Waals surface area contributed by atoms with Crippen LogP contribution in [0.1, 0.15) is 12.8 Å². The number of amides is 1. The van der Waals surface area contributed by atoms with E-state index in [9.17, 15) is 4.79 Å². The second kappa shape index (κ2) is 5.26. The Morgan fingerprint density at radius 1 is 1.26 bits per heavy atom. The molecule has 98 valence electrons. The Hall–Kier alpha value is -2.10. The zero-order valence-corrected chi connectivity index (χ0v) is 10.7. The van der Waals surface area contributed by atoms with Crippen LogP contribution < -0.4 is 5.32 Å². The molecule has 0 bridgehead atoms. The number of nitrogens with zero attached hydrogens (tertiary/aromatic N) is 2. The molecule has 1 N–H and O–H groups in total. The Balaban J connectivity index is 1.59. The van der Waals surface area contributed by atoms with Crippen molar-refractivity contribution < 1.29 is 4.79 Å². The van der Waals surface area contributed by atoms with Crippen LogP contribution in [0.3, 0.4) is 0 Å². The zero-order chi connectivity index (χ0) is 13.1. The van der Waals surface area contributed by atoms with E-state index >= 15 is 0 Å². The highest BCUT2D eigenvalue weighted by atomic mass is 16.2. The molecule has 0 unspecified atom stereocenters. The SMILES string of the molecule is O=C(Cn1cc(-c2ccccc2)cn1)NCC1CC1. The summed E-state index contributed by atoms with van der Waals surface area (Å²) < 4.78 is 1.69. The number of carbonyl (C=O) groups is 1. The van der Waals surface area contributed by atoms with Gasteiger partial charge in [-0.25, -0.2) is 0 Å². The van der Waals surface area contributed by atoms with Gasteiger partial charge in [-0.2, -0.15) is 5.10 Å². The quantitative estimate of drug-likeness (QED) is 0.889. The molecule has 2 aromatic rings. The van der Waals surface area contributed by atoms with Crippen LogP contribution >= 0.6 is 0 Å². The number of hydrogen-bond donors (Lipinski definition) is 1. The molecule has 0 atom stereocenters. The number of carbonyl (C=O) groups excluding carboxylic acids is 1. The maximum absolute atomic E-state index is 11.7. The molecule has 1 aliphatic rings. The lowest BCUT2D eigenvalue weighted by molar-refractivity contribution is -0.121. The summed E-state index contributed by atoms with van der Waals surface area (Å²) in [6, 6.07) is 10.0. The molecule has 0 spiro atoms. The summed E-state index contributed by atoms with van der Waals surface area (Å²) in [6.07, 6.45) is 6.20. The molecule has 1 heterocycles. The van der Waals surface area contributed by atoms with Gasteiger partial charge < -0.3 is 5.32 Å². The Labute approximate surface area is 112 Å². The van der Waals surface area contributed by atoms with Crippen LogP contribution in [0, 0.1) is 5.92 Å². The average molecular weight is 255 g/mol. The fraction of sp³-hybridized carbons (Fsp3) is 0.333. The molecular formula is C15H17N3O. The van der Waals surface area contributed by atoms with Crippen molar-refractivity contribution in [3.63, 3.8) is 0 Å². The highest BCUT2D eigenvalue weighted by molar-refractivity contribution is 5.75. The molecule has 1 saturated carbocycles. The Bertz CT molecular complexity index is 558. The normalized spacial score (nSPS) is 14.3. The fourth-order valence-electron chi connectivity index (χ4n) is 2.01. The van der Waals surface area contributed by atoms with Crippen molar-refractivity contribution in [1.29, 1.82) is 0 Å². The molecule has 3 rings (SSSR count). The maximum atomic E-state index is 11.7. The lowest BCUT2D eigenvalue weighted by Gasteiger charge is -2.03. The summed E-state index contributed by atoms with van der Waals surface area (Å²) in [4.78, 5) is 11.7. The maximum Gasteiger partial charge on any atom is 0.241 e. The lowest BCUT2D eigenvalue weighted by atomic mass is 10.1. The van der Waals surface area contributed by atoms with Crippen LogP contribution in [0.5, 0.6) is 0 Å². The third kappa shape index (κ3) is 3.22. The van der Waals surface area contributed by atoms with Crippen molar-refractivity contribution >= 4 is 5.91 Å². The van der Waals surface area contributed by atoms with E-state index in [2.05, 4.69) is 10.4 Å². The number of rotatable bonds is 5. The number of aromatic nitrogens is 2. The average Bonchev–Trinajstić information content (AvgIpc) is 3.16. The molecule has 0 saturated heterocycles. The third-order valence-electron chi connectivity index (χ3n) is 3.33. The highest BCUT2D eigenvalue weighted by Crippen LogP contribution is 2.27. The molecule has 1 aromatic heterocycles. The Morgan fingerprint density at radius 3 is 2.79 bits per heavy atom. The van der Waals surface area contributed by atoms with Gasteiger partial charge >= 0.3 is 0 Å². The van der Waals surface area contributed by atoms with E-state index in [0.717, 1.165) is 17.7 Å². The predicted molar refractivity (Wildman–Crippen MR) is 73.4 cm³/mol. The highest BCUT2D eigenvalue weighted by Gasteiger charge is 2.21. The summed E-state index contributed by atoms with van der Waals surface area (Å²) in [5.74, 6) is 0.746. The van der Waals surface area contributed by atoms with E-state index < -0.39 is 0 Å². The van der Waals surface area contributed by atoms with Gasteiger partial charge in [-0.05, 0) is 24.3 Å². The Kier molecular flexibility index (Phi) is 3.31. The standard InChI is InChI=1S/C15H17N3O/c19-15(16-8-12-6-7-12)11-18-10-14(9-17-18)13-4-2-1-3-5-13/h1-5,9-10,12H,6-8,11H2,(H,16,19). The first-order chi connectivity index (χ1) is 9.31. The topological polar surface area (TPSA) is 46.9 Å². The van der Waals surface area contributed by atoms with E-state index in [0.29, 0.717) is 12.5 Å². The van der Waals surface area contributed by atoms with Crippen molar-refractivity contribution in [3.8, 4) is 11.1 Å². The zero-order valence-electron chi connectivity index (χ0n) is 10.7. The van der Waals surface area contributed by atoms with Crippen LogP contribution in [0.2, 0.25) is 0 Å². The Morgan fingerprint density at radius 2 is 2.05 bits per heavy atom. The first kappa shape index (κ1) is 12.0. The molecule has 1 amide bonds. The summed E-state index contributed by atoms with van der Waals surface area (Å²) in [5.41, 5.74) is 2.16. The van der Waals surface area contributed by atoms with Crippen molar-refractivity contribution in [1.82, 2.24) is 15.1 Å². The lowest BCUT2D eigenvalue weighted by Crippen LogP contribution is -2.29. The van der Waals surface area contributed by atoms with Crippen LogP contribution in [0.25, 0.3) is 11.1 Å². The number of benzene rings is 1. The van der Waals surface area contributed by atoms with Gasteiger partial charge in [0.25, 0.3) is 0 Å². The summed E-state index contributed by atoms with van der Waals surface area (Å²) >= 11 is 0. The van der Waals surface area contributed by atoms with Crippen LogP contribution in [-0.4, -0.2) is 22.2 Å². The van der Waals surface area contributed by atoms with Crippen LogP contribution in [0.4, 0.5) is 0 Å². The van der Waals surface area contributed by atoms with Gasteiger partial charge in [-0.1, -0.05) is 30.3 Å². The van der Waals surface area contributed by atoms with E-state index in [1.807, 2.05) is 36.5 Å². The van der Waals surface area contributed by atoms with Crippen LogP contribution in [-0.2, 0) is 11.3 Å². The number of hydrogen-bond acceptors (Lipinski definition) is 2. The van der Waals surface area contributed by atoms with Crippen molar-refractivity contribution in [2.24, 2.45) is 5.92 Å². The van der Waals surface area contributed by atoms with E-state index in [-0.39, 0.29) is 5.91 Å². The van der Waals surface area contributed by atoms with Crippen molar-refractivity contribution in [3.05, 3.63) is 42.7 Å². The molecule has 1 fully saturated rings. The minimum absolute atomic E-state index is 0.0367. The second-order valence-electron chi connectivity index (χ2n) is 5.04. The van der Waals surface area contributed by atoms with Gasteiger partial charge in [-0.15, -0.1) is 0 Å². The van der Waals surface area contributed by atoms with E-state index in [1.165, 1.54) is 12.8 Å². The molecular weight excluding hydrogens is 238 g/mol. The van der Waals surface area contributed by atoms with Gasteiger partial charge in [0.05, 0.1) is 6.20 Å². The first-order valence-electron chi connectivity index (χ1n) is 6.66. The minimum atomic E-state index is 0.0367. The predicted octanol–water partition coefficient (Wildman–Crippen LogP) is 2.08. The molecule has 4 nitrogen and oxygen atoms in total. The number of nitrogens with one attached hydrogen (secondary N) is 1. The van der Waals surface area contributed by atoms with E-state index in [1.54, 1.807) is 10.9 Å². The first-order valence-corrected chi connectivity index (χ1v) is 6.66. The third-order valence-corrected chi connectivity index (χ3v) is 3.33. The van der Waals surface area contributed by atoms with Gasteiger partial charge in [-0.3, -0.25) is 9.48 Å². The monoisotopic (exact) mass is 255 g/mol. The van der Waals surface area contributed by atoms with Crippen LogP contribution in [0.15, 0.2) is 42.7 Å². The molecule has 4 heteroatoms. The molecule has 1 aliphatic carbocycles. The summed E-state index contributed by atoms with van der Waals surface area (Å²) in [6.45, 7) is 1.10. The smallest absolute Gasteiger partial charge is 0.241 e. The molecule has 0 radical (unpaired) electrons. The molecule has 19 heavy (non-hydrogen) atoms. The summed E-state index contributed by atoms with van der Waals surface area (Å²) in [7, 11) is 0. The van der Waals surface area contributed by atoms with Gasteiger partial charge in [0.1, 0.15) is 6.54 Å². The van der Waals surface area contributed by atoms with Gasteiger partial charge in [0.2, 0.25) is 5.91 Å². The molecule has 1 aromatic carbocycles. The van der Waals surface area contributed by atoms with Crippen molar-refractivity contribution in [2.45, 2.75) is 19.4 Å². The summed E-state index contributed by atoms with van der Waals surface area (Å²) in [5, 5.41) is 7.17. The largest absolute Gasteiger partial charge is 0.354 e. The minimum Gasteiger partial charge on any atom is -0.354 e. The van der Waals surface area contributed by atoms with Gasteiger partial charge in [0, 0.05) is 18.3 Å².